The number of thiazole rings is 2. The third-order valence-electron chi connectivity index (χ3n) is 1.66. The van der Waals surface area contributed by atoms with Crippen molar-refractivity contribution < 1.29 is 5.11 Å². The van der Waals surface area contributed by atoms with E-state index in [-0.39, 0.29) is 6.61 Å². The van der Waals surface area contributed by atoms with Gasteiger partial charge in [0.2, 0.25) is 0 Å². The van der Waals surface area contributed by atoms with Gasteiger partial charge in [0.05, 0.1) is 6.61 Å². The molecule has 0 aromatic carbocycles. The summed E-state index contributed by atoms with van der Waals surface area (Å²) in [4.78, 5) is 9.72. The van der Waals surface area contributed by atoms with Crippen LogP contribution in [-0.2, 0) is 19.7 Å². The zero-order valence-electron chi connectivity index (χ0n) is 8.97. The molecule has 0 fully saturated rings. The van der Waals surface area contributed by atoms with Crippen LogP contribution in [0.5, 0.6) is 0 Å². The summed E-state index contributed by atoms with van der Waals surface area (Å²) in [5.41, 5.74) is 10.6. The Kier molecular flexibility index (Phi) is 6.56. The lowest BCUT2D eigenvalue weighted by Crippen LogP contribution is -1.91. The van der Waals surface area contributed by atoms with Crippen LogP contribution in [0.25, 0.3) is 0 Å². The Labute approximate surface area is 112 Å². The minimum absolute atomic E-state index is 0.0185. The van der Waals surface area contributed by atoms with Crippen LogP contribution in [0.4, 0.5) is 0 Å². The molecule has 94 valence electrons. The van der Waals surface area contributed by atoms with E-state index in [2.05, 4.69) is 9.97 Å². The molecular formula is C9H13ClN4OS2. The number of hydrogen-bond donors (Lipinski definition) is 3. The third kappa shape index (κ3) is 5.07. The summed E-state index contributed by atoms with van der Waals surface area (Å²) < 4.78 is 0.561. The fraction of sp³-hybridized carbons (Fsp3) is 0.333. The summed E-state index contributed by atoms with van der Waals surface area (Å²) in [6.45, 7) is 1.06. The van der Waals surface area contributed by atoms with Crippen molar-refractivity contribution >= 4 is 34.3 Å². The lowest BCUT2D eigenvalue weighted by Gasteiger charge is -1.81. The number of rotatable bonds is 3. The first-order chi connectivity index (χ1) is 8.19. The number of halogens is 1. The molecule has 0 aliphatic carbocycles. The molecule has 8 heteroatoms. The summed E-state index contributed by atoms with van der Waals surface area (Å²) >= 11 is 8.35. The SMILES string of the molecule is NCc1cnc(CO)s1.NCc1cnc(Cl)s1. The van der Waals surface area contributed by atoms with Crippen LogP contribution in [0, 0.1) is 0 Å². The molecular weight excluding hydrogens is 280 g/mol. The van der Waals surface area contributed by atoms with Crippen LogP contribution in [0.2, 0.25) is 4.47 Å². The van der Waals surface area contributed by atoms with Crippen molar-refractivity contribution in [3.05, 3.63) is 31.6 Å². The zero-order valence-corrected chi connectivity index (χ0v) is 11.4. The fourth-order valence-electron chi connectivity index (χ4n) is 0.893. The van der Waals surface area contributed by atoms with Gasteiger partial charge in [0.15, 0.2) is 4.47 Å². The molecule has 0 saturated carbocycles. The fourth-order valence-corrected chi connectivity index (χ4v) is 2.41. The third-order valence-corrected chi connectivity index (χ3v) is 3.81. The van der Waals surface area contributed by atoms with Crippen molar-refractivity contribution in [2.24, 2.45) is 11.5 Å². The lowest BCUT2D eigenvalue weighted by atomic mass is 10.6. The van der Waals surface area contributed by atoms with Crippen LogP contribution in [0.15, 0.2) is 12.4 Å². The second-order valence-corrected chi connectivity index (χ2v) is 5.76. The van der Waals surface area contributed by atoms with Crippen molar-refractivity contribution in [1.82, 2.24) is 9.97 Å². The Morgan fingerprint density at radius 1 is 1.12 bits per heavy atom. The number of aliphatic hydroxyl groups excluding tert-OH is 1. The van der Waals surface area contributed by atoms with Crippen molar-refractivity contribution in [2.75, 3.05) is 0 Å². The monoisotopic (exact) mass is 292 g/mol. The standard InChI is InChI=1S/C5H8N2OS.C4H5ClN2S/c6-1-4-2-7-5(3-8)9-4;5-4-7-2-3(1-6)8-4/h2,8H,1,3,6H2;2H,1,6H2. The Bertz CT molecular complexity index is 427. The van der Waals surface area contributed by atoms with E-state index in [0.717, 1.165) is 14.8 Å². The van der Waals surface area contributed by atoms with Crippen molar-refractivity contribution in [2.45, 2.75) is 19.7 Å². The van der Waals surface area contributed by atoms with Crippen molar-refractivity contribution in [3.8, 4) is 0 Å². The van der Waals surface area contributed by atoms with Gasteiger partial charge in [0, 0.05) is 35.2 Å². The maximum atomic E-state index is 8.55. The normalized spacial score (nSPS) is 9.88. The largest absolute Gasteiger partial charge is 0.389 e. The predicted octanol–water partition coefficient (Wildman–Crippen LogP) is 1.35. The molecule has 0 amide bonds. The summed E-state index contributed by atoms with van der Waals surface area (Å²) in [7, 11) is 0. The first-order valence-electron chi connectivity index (χ1n) is 4.74. The smallest absolute Gasteiger partial charge is 0.183 e. The van der Waals surface area contributed by atoms with Gasteiger partial charge in [0.1, 0.15) is 5.01 Å². The molecule has 0 unspecified atom stereocenters. The van der Waals surface area contributed by atoms with E-state index in [0.29, 0.717) is 17.6 Å². The van der Waals surface area contributed by atoms with Gasteiger partial charge in [-0.1, -0.05) is 11.6 Å². The van der Waals surface area contributed by atoms with Crippen LogP contribution in [0.3, 0.4) is 0 Å². The molecule has 0 aliphatic heterocycles. The van der Waals surface area contributed by atoms with Crippen LogP contribution >= 0.6 is 34.3 Å². The molecule has 2 aromatic heterocycles. The molecule has 0 saturated heterocycles. The van der Waals surface area contributed by atoms with Crippen LogP contribution < -0.4 is 11.5 Å². The highest BCUT2D eigenvalue weighted by molar-refractivity contribution is 7.15. The molecule has 5 nitrogen and oxygen atoms in total. The van der Waals surface area contributed by atoms with E-state index in [1.54, 1.807) is 12.4 Å². The Morgan fingerprint density at radius 2 is 1.71 bits per heavy atom. The highest BCUT2D eigenvalue weighted by atomic mass is 35.5. The summed E-state index contributed by atoms with van der Waals surface area (Å²) in [5, 5.41) is 9.29. The molecule has 2 aromatic rings. The maximum absolute atomic E-state index is 8.55. The lowest BCUT2D eigenvalue weighted by molar-refractivity contribution is 0.281. The molecule has 2 heterocycles. The maximum Gasteiger partial charge on any atom is 0.183 e. The molecule has 0 spiro atoms. The van der Waals surface area contributed by atoms with Gasteiger partial charge in [-0.25, -0.2) is 9.97 Å². The zero-order chi connectivity index (χ0) is 12.7. The molecule has 0 radical (unpaired) electrons. The Balaban J connectivity index is 0.000000171. The first kappa shape index (κ1) is 14.5. The van der Waals surface area contributed by atoms with Gasteiger partial charge >= 0.3 is 0 Å². The van der Waals surface area contributed by atoms with Gasteiger partial charge in [-0.05, 0) is 0 Å². The van der Waals surface area contributed by atoms with E-state index < -0.39 is 0 Å². The number of aliphatic hydroxyl groups is 1. The van der Waals surface area contributed by atoms with Crippen LogP contribution in [-0.4, -0.2) is 15.1 Å². The second-order valence-electron chi connectivity index (χ2n) is 2.87. The van der Waals surface area contributed by atoms with E-state index in [9.17, 15) is 0 Å². The van der Waals surface area contributed by atoms with Crippen molar-refractivity contribution in [3.63, 3.8) is 0 Å². The van der Waals surface area contributed by atoms with Gasteiger partial charge in [-0.3, -0.25) is 0 Å². The van der Waals surface area contributed by atoms with Gasteiger partial charge in [-0.15, -0.1) is 22.7 Å². The molecule has 0 atom stereocenters. The van der Waals surface area contributed by atoms with Crippen LogP contribution in [0.1, 0.15) is 14.8 Å². The number of hydrogen-bond acceptors (Lipinski definition) is 7. The average Bonchev–Trinajstić information content (AvgIpc) is 2.97. The molecule has 17 heavy (non-hydrogen) atoms. The highest BCUT2D eigenvalue weighted by Gasteiger charge is 1.96. The summed E-state index contributed by atoms with van der Waals surface area (Å²) in [6, 6.07) is 0. The van der Waals surface area contributed by atoms with Gasteiger partial charge < -0.3 is 16.6 Å². The van der Waals surface area contributed by atoms with Gasteiger partial charge in [0.25, 0.3) is 0 Å². The molecule has 5 N–H and O–H groups in total. The van der Waals surface area contributed by atoms with Crippen molar-refractivity contribution in [1.29, 1.82) is 0 Å². The number of aromatic nitrogens is 2. The molecule has 0 aliphatic rings. The topological polar surface area (TPSA) is 98.0 Å². The molecule has 0 bridgehead atoms. The average molecular weight is 293 g/mol. The second kappa shape index (κ2) is 7.70. The highest BCUT2D eigenvalue weighted by Crippen LogP contribution is 2.16. The van der Waals surface area contributed by atoms with E-state index in [1.165, 1.54) is 22.7 Å². The summed E-state index contributed by atoms with van der Waals surface area (Å²) in [5.74, 6) is 0. The Hall–Kier alpha value is -0.570. The summed E-state index contributed by atoms with van der Waals surface area (Å²) in [6.07, 6.45) is 3.38. The minimum Gasteiger partial charge on any atom is -0.389 e. The number of nitrogens with two attached hydrogens (primary N) is 2. The molecule has 2 rings (SSSR count). The minimum atomic E-state index is 0.0185. The van der Waals surface area contributed by atoms with Gasteiger partial charge in [-0.2, -0.15) is 0 Å². The van der Waals surface area contributed by atoms with E-state index in [4.69, 9.17) is 28.2 Å². The van der Waals surface area contributed by atoms with E-state index >= 15 is 0 Å². The Morgan fingerprint density at radius 3 is 2.00 bits per heavy atom. The van der Waals surface area contributed by atoms with E-state index in [1.807, 2.05) is 0 Å². The predicted molar refractivity (Wildman–Crippen MR) is 70.9 cm³/mol. The first-order valence-corrected chi connectivity index (χ1v) is 6.75. The quantitative estimate of drug-likeness (QED) is 0.793. The number of nitrogens with zero attached hydrogens (tertiary/aromatic N) is 2.